The van der Waals surface area contributed by atoms with Crippen LogP contribution in [0.3, 0.4) is 0 Å². The summed E-state index contributed by atoms with van der Waals surface area (Å²) in [6.07, 6.45) is 5.09. The Balaban J connectivity index is 2.24. The van der Waals surface area contributed by atoms with Gasteiger partial charge in [0.1, 0.15) is 0 Å². The van der Waals surface area contributed by atoms with E-state index in [1.165, 1.54) is 18.3 Å². The van der Waals surface area contributed by atoms with Crippen LogP contribution >= 0.6 is 0 Å². The minimum atomic E-state index is -0.134. The molecule has 88 valence electrons. The van der Waals surface area contributed by atoms with E-state index in [1.807, 2.05) is 0 Å². The van der Waals surface area contributed by atoms with E-state index in [9.17, 15) is 4.79 Å². The largest absolute Gasteiger partial charge is 0.466 e. The lowest BCUT2D eigenvalue weighted by Crippen LogP contribution is -2.33. The van der Waals surface area contributed by atoms with Gasteiger partial charge in [-0.1, -0.05) is 13.0 Å². The highest BCUT2D eigenvalue weighted by Crippen LogP contribution is 2.32. The quantitative estimate of drug-likeness (QED) is 0.667. The van der Waals surface area contributed by atoms with Crippen LogP contribution in [0.1, 0.15) is 26.2 Å². The van der Waals surface area contributed by atoms with Gasteiger partial charge in [0.15, 0.2) is 0 Å². The van der Waals surface area contributed by atoms with Crippen LogP contribution in [0.15, 0.2) is 22.8 Å². The number of piperidine rings is 1. The summed E-state index contributed by atoms with van der Waals surface area (Å²) in [5.74, 6) is -0.134. The Bertz CT molecular complexity index is 355. The number of ether oxygens (including phenoxy) is 1. The molecule has 0 aromatic heterocycles. The Morgan fingerprint density at radius 3 is 3.00 bits per heavy atom. The predicted octanol–water partition coefficient (Wildman–Crippen LogP) is 1.90. The number of fused-ring (bicyclic) bond motifs is 1. The molecule has 1 heterocycles. The van der Waals surface area contributed by atoms with E-state index in [-0.39, 0.29) is 5.97 Å². The molecule has 0 N–H and O–H groups in total. The van der Waals surface area contributed by atoms with E-state index in [0.29, 0.717) is 0 Å². The summed E-state index contributed by atoms with van der Waals surface area (Å²) in [6, 6.07) is 0. The van der Waals surface area contributed by atoms with E-state index in [4.69, 9.17) is 4.74 Å². The molecule has 0 radical (unpaired) electrons. The molecule has 0 amide bonds. The van der Waals surface area contributed by atoms with Crippen molar-refractivity contribution in [3.8, 4) is 0 Å². The molecule has 2 rings (SSSR count). The molecule has 1 aliphatic carbocycles. The molecule has 1 fully saturated rings. The Kier molecular flexibility index (Phi) is 3.44. The first-order valence-corrected chi connectivity index (χ1v) is 5.98. The van der Waals surface area contributed by atoms with E-state index >= 15 is 0 Å². The van der Waals surface area contributed by atoms with Gasteiger partial charge in [-0.2, -0.15) is 0 Å². The zero-order valence-corrected chi connectivity index (χ0v) is 10.1. The highest BCUT2D eigenvalue weighted by atomic mass is 16.5. The number of rotatable bonds is 2. The third-order valence-electron chi connectivity index (χ3n) is 3.49. The van der Waals surface area contributed by atoms with Crippen LogP contribution in [0.25, 0.3) is 0 Å². The number of hydrogen-bond donors (Lipinski definition) is 0. The number of nitrogens with zero attached hydrogens (tertiary/aromatic N) is 1. The van der Waals surface area contributed by atoms with Crippen LogP contribution in [0.5, 0.6) is 0 Å². The average molecular weight is 221 g/mol. The first-order chi connectivity index (χ1) is 7.76. The zero-order chi connectivity index (χ0) is 11.5. The minimum absolute atomic E-state index is 0.134. The SMILES string of the molecule is CCN1CCC2=C(C(=O)OC)CCC=C2C1. The van der Waals surface area contributed by atoms with Gasteiger partial charge in [-0.05, 0) is 37.0 Å². The molecule has 0 aromatic carbocycles. The van der Waals surface area contributed by atoms with E-state index < -0.39 is 0 Å². The lowest BCUT2D eigenvalue weighted by molar-refractivity contribution is -0.136. The highest BCUT2D eigenvalue weighted by Gasteiger charge is 2.26. The van der Waals surface area contributed by atoms with Gasteiger partial charge in [0.2, 0.25) is 0 Å². The van der Waals surface area contributed by atoms with Crippen LogP contribution in [-0.4, -0.2) is 37.6 Å². The molecule has 0 aromatic rings. The number of likely N-dealkylation sites (N-methyl/N-ethyl adjacent to an activating group) is 1. The summed E-state index contributed by atoms with van der Waals surface area (Å²) in [4.78, 5) is 14.1. The number of esters is 1. The Morgan fingerprint density at radius 2 is 2.31 bits per heavy atom. The number of allylic oxidation sites excluding steroid dienone is 1. The number of hydrogen-bond acceptors (Lipinski definition) is 3. The van der Waals surface area contributed by atoms with Gasteiger partial charge in [-0.3, -0.25) is 4.90 Å². The highest BCUT2D eigenvalue weighted by molar-refractivity contribution is 5.90. The lowest BCUT2D eigenvalue weighted by Gasteiger charge is -2.32. The van der Waals surface area contributed by atoms with Crippen molar-refractivity contribution in [2.45, 2.75) is 26.2 Å². The molecule has 1 saturated heterocycles. The molecule has 0 unspecified atom stereocenters. The van der Waals surface area contributed by atoms with Gasteiger partial charge in [0.25, 0.3) is 0 Å². The monoisotopic (exact) mass is 221 g/mol. The fraction of sp³-hybridized carbons (Fsp3) is 0.615. The van der Waals surface area contributed by atoms with Gasteiger partial charge < -0.3 is 4.74 Å². The first kappa shape index (κ1) is 11.4. The summed E-state index contributed by atoms with van der Waals surface area (Å²) in [5.41, 5.74) is 3.51. The molecular weight excluding hydrogens is 202 g/mol. The van der Waals surface area contributed by atoms with Gasteiger partial charge >= 0.3 is 5.97 Å². The van der Waals surface area contributed by atoms with Crippen LogP contribution in [0.2, 0.25) is 0 Å². The average Bonchev–Trinajstić information content (AvgIpc) is 2.36. The number of carbonyl (C=O) groups is 1. The van der Waals surface area contributed by atoms with Gasteiger partial charge in [-0.25, -0.2) is 4.79 Å². The van der Waals surface area contributed by atoms with Crippen molar-refractivity contribution >= 4 is 5.97 Å². The standard InChI is InChI=1S/C13H19NO2/c1-3-14-8-7-11-10(9-14)5-4-6-12(11)13(15)16-2/h5H,3-4,6-9H2,1-2H3. The number of methoxy groups -OCH3 is 1. The van der Waals surface area contributed by atoms with Gasteiger partial charge in [-0.15, -0.1) is 0 Å². The summed E-state index contributed by atoms with van der Waals surface area (Å²) in [6.45, 7) is 5.31. The van der Waals surface area contributed by atoms with Gasteiger partial charge in [0, 0.05) is 18.7 Å². The lowest BCUT2D eigenvalue weighted by atomic mass is 9.86. The van der Waals surface area contributed by atoms with Crippen LogP contribution in [0.4, 0.5) is 0 Å². The van der Waals surface area contributed by atoms with Crippen molar-refractivity contribution < 1.29 is 9.53 Å². The third-order valence-corrected chi connectivity index (χ3v) is 3.49. The minimum Gasteiger partial charge on any atom is -0.466 e. The smallest absolute Gasteiger partial charge is 0.334 e. The van der Waals surface area contributed by atoms with Crippen molar-refractivity contribution in [3.63, 3.8) is 0 Å². The Morgan fingerprint density at radius 1 is 1.50 bits per heavy atom. The molecule has 0 atom stereocenters. The second-order valence-electron chi connectivity index (χ2n) is 4.34. The predicted molar refractivity (Wildman–Crippen MR) is 63.1 cm³/mol. The maximum atomic E-state index is 11.7. The van der Waals surface area contributed by atoms with E-state index in [1.54, 1.807) is 0 Å². The van der Waals surface area contributed by atoms with Crippen molar-refractivity contribution in [2.24, 2.45) is 0 Å². The fourth-order valence-corrected chi connectivity index (χ4v) is 2.54. The second kappa shape index (κ2) is 4.83. The van der Waals surface area contributed by atoms with E-state index in [2.05, 4.69) is 17.9 Å². The Hall–Kier alpha value is -1.09. The molecule has 0 bridgehead atoms. The number of likely N-dealkylation sites (tertiary alicyclic amines) is 1. The molecule has 16 heavy (non-hydrogen) atoms. The van der Waals surface area contributed by atoms with Crippen LogP contribution < -0.4 is 0 Å². The zero-order valence-electron chi connectivity index (χ0n) is 10.1. The molecule has 3 nitrogen and oxygen atoms in total. The summed E-state index contributed by atoms with van der Waals surface area (Å²) < 4.78 is 4.85. The second-order valence-corrected chi connectivity index (χ2v) is 4.34. The molecule has 0 saturated carbocycles. The fourth-order valence-electron chi connectivity index (χ4n) is 2.54. The third kappa shape index (κ3) is 2.05. The Labute approximate surface area is 96.8 Å². The summed E-state index contributed by atoms with van der Waals surface area (Å²) in [7, 11) is 1.47. The normalized spacial score (nSPS) is 21.5. The van der Waals surface area contributed by atoms with Crippen molar-refractivity contribution in [1.29, 1.82) is 0 Å². The maximum Gasteiger partial charge on any atom is 0.334 e. The first-order valence-electron chi connectivity index (χ1n) is 5.98. The molecule has 0 spiro atoms. The summed E-state index contributed by atoms with van der Waals surface area (Å²) in [5, 5.41) is 0. The molecule has 3 heteroatoms. The van der Waals surface area contributed by atoms with Crippen LogP contribution in [0, 0.1) is 0 Å². The molecular formula is C13H19NO2. The molecule has 1 aliphatic heterocycles. The molecule has 2 aliphatic rings. The van der Waals surface area contributed by atoms with Crippen molar-refractivity contribution in [2.75, 3.05) is 26.7 Å². The van der Waals surface area contributed by atoms with Crippen LogP contribution in [-0.2, 0) is 9.53 Å². The number of carbonyl (C=O) groups excluding carboxylic acids is 1. The summed E-state index contributed by atoms with van der Waals surface area (Å²) >= 11 is 0. The van der Waals surface area contributed by atoms with Crippen molar-refractivity contribution in [1.82, 2.24) is 4.90 Å². The van der Waals surface area contributed by atoms with Gasteiger partial charge in [0.05, 0.1) is 7.11 Å². The van der Waals surface area contributed by atoms with E-state index in [0.717, 1.165) is 44.5 Å². The topological polar surface area (TPSA) is 29.5 Å². The van der Waals surface area contributed by atoms with Crippen molar-refractivity contribution in [3.05, 3.63) is 22.8 Å². The maximum absolute atomic E-state index is 11.7.